The second-order valence-electron chi connectivity index (χ2n) is 11.1. The SMILES string of the molecule is COc1ccc(CC(NC(=O)C(C)NC(=O)CN2CCOCC2)C(=O)NC(CC2=CCCC2)C(=O)C2(C)CO2)cn1. The standard InChI is InChI=1S/C29H41N5O7/c1-19(31-24(35)17-34-10-12-40-13-11-34)27(37)33-23(15-21-8-9-25(39-3)30-16-21)28(38)32-22(14-20-6-4-5-7-20)26(36)29(2)18-41-29/h6,8-9,16,19,22-23H,4-5,7,10-15,17-18H2,1-3H3,(H,31,35)(H,32,38)(H,33,37). The molecule has 1 aromatic heterocycles. The maximum Gasteiger partial charge on any atom is 0.243 e. The van der Waals surface area contributed by atoms with Crippen LogP contribution >= 0.6 is 0 Å². The molecule has 0 saturated carbocycles. The first-order chi connectivity index (χ1) is 19.7. The van der Waals surface area contributed by atoms with Crippen molar-refractivity contribution < 1.29 is 33.4 Å². The number of hydrogen-bond acceptors (Lipinski definition) is 9. The van der Waals surface area contributed by atoms with Crippen LogP contribution in [0.4, 0.5) is 0 Å². The Balaban J connectivity index is 1.44. The van der Waals surface area contributed by atoms with Crippen molar-refractivity contribution in [3.8, 4) is 5.88 Å². The van der Waals surface area contributed by atoms with Gasteiger partial charge in [-0.1, -0.05) is 17.7 Å². The molecule has 12 heteroatoms. The smallest absolute Gasteiger partial charge is 0.243 e. The van der Waals surface area contributed by atoms with Crippen LogP contribution in [-0.4, -0.2) is 104 Å². The predicted molar refractivity (Wildman–Crippen MR) is 149 cm³/mol. The average Bonchev–Trinajstić information content (AvgIpc) is 3.51. The fraction of sp³-hybridized carbons (Fsp3) is 0.621. The van der Waals surface area contributed by atoms with Crippen LogP contribution in [0.3, 0.4) is 0 Å². The fourth-order valence-electron chi connectivity index (χ4n) is 4.99. The van der Waals surface area contributed by atoms with Crippen LogP contribution in [0.15, 0.2) is 30.0 Å². The van der Waals surface area contributed by atoms with E-state index in [1.165, 1.54) is 7.11 Å². The Morgan fingerprint density at radius 2 is 1.80 bits per heavy atom. The molecule has 4 unspecified atom stereocenters. The summed E-state index contributed by atoms with van der Waals surface area (Å²) in [6, 6.07) is 0.755. The Labute approximate surface area is 240 Å². The summed E-state index contributed by atoms with van der Waals surface area (Å²) in [6.45, 7) is 6.18. The summed E-state index contributed by atoms with van der Waals surface area (Å²) in [5.74, 6) is -1.06. The van der Waals surface area contributed by atoms with Gasteiger partial charge < -0.3 is 30.2 Å². The van der Waals surface area contributed by atoms with E-state index in [9.17, 15) is 19.2 Å². The highest BCUT2D eigenvalue weighted by Crippen LogP contribution is 2.31. The molecule has 3 N–H and O–H groups in total. The maximum absolute atomic E-state index is 13.7. The first-order valence-electron chi connectivity index (χ1n) is 14.2. The molecular weight excluding hydrogens is 530 g/mol. The van der Waals surface area contributed by atoms with Gasteiger partial charge in [0.05, 0.1) is 39.5 Å². The van der Waals surface area contributed by atoms with Gasteiger partial charge in [0.2, 0.25) is 23.6 Å². The first-order valence-corrected chi connectivity index (χ1v) is 14.2. The second-order valence-corrected chi connectivity index (χ2v) is 11.1. The molecule has 2 aliphatic heterocycles. The quantitative estimate of drug-likeness (QED) is 0.211. The van der Waals surface area contributed by atoms with Gasteiger partial charge in [-0.2, -0.15) is 0 Å². The van der Waals surface area contributed by atoms with Crippen LogP contribution in [0.25, 0.3) is 0 Å². The van der Waals surface area contributed by atoms with Crippen LogP contribution < -0.4 is 20.7 Å². The van der Waals surface area contributed by atoms with E-state index in [0.29, 0.717) is 50.8 Å². The summed E-state index contributed by atoms with van der Waals surface area (Å²) in [7, 11) is 1.51. The van der Waals surface area contributed by atoms with E-state index >= 15 is 0 Å². The molecule has 4 rings (SSSR count). The lowest BCUT2D eigenvalue weighted by atomic mass is 9.94. The molecule has 41 heavy (non-hydrogen) atoms. The largest absolute Gasteiger partial charge is 0.481 e. The van der Waals surface area contributed by atoms with Gasteiger partial charge >= 0.3 is 0 Å². The summed E-state index contributed by atoms with van der Waals surface area (Å²) in [5.41, 5.74) is 0.910. The molecule has 3 amide bonds. The summed E-state index contributed by atoms with van der Waals surface area (Å²) in [6.07, 6.45) is 7.09. The van der Waals surface area contributed by atoms with E-state index in [-0.39, 0.29) is 24.7 Å². The van der Waals surface area contributed by atoms with E-state index in [1.807, 2.05) is 4.90 Å². The van der Waals surface area contributed by atoms with Gasteiger partial charge in [0.25, 0.3) is 0 Å². The Bertz CT molecular complexity index is 1130. The number of ketones is 1. The van der Waals surface area contributed by atoms with Crippen molar-refractivity contribution in [3.63, 3.8) is 0 Å². The molecule has 0 aromatic carbocycles. The number of nitrogens with zero attached hydrogens (tertiary/aromatic N) is 2. The van der Waals surface area contributed by atoms with Crippen molar-refractivity contribution in [2.45, 2.75) is 69.7 Å². The molecule has 2 saturated heterocycles. The van der Waals surface area contributed by atoms with Crippen LogP contribution in [-0.2, 0) is 35.1 Å². The molecular formula is C29H41N5O7. The first kappa shape index (κ1) is 30.6. The number of rotatable bonds is 14. The summed E-state index contributed by atoms with van der Waals surface area (Å²) >= 11 is 0. The molecule has 4 atom stereocenters. The zero-order valence-electron chi connectivity index (χ0n) is 24.1. The number of morpholine rings is 1. The zero-order valence-corrected chi connectivity index (χ0v) is 24.1. The lowest BCUT2D eigenvalue weighted by Crippen LogP contribution is -2.57. The Morgan fingerprint density at radius 1 is 1.07 bits per heavy atom. The third-order valence-corrected chi connectivity index (χ3v) is 7.65. The van der Waals surface area contributed by atoms with Crippen molar-refractivity contribution >= 4 is 23.5 Å². The minimum Gasteiger partial charge on any atom is -0.481 e. The number of allylic oxidation sites excluding steroid dienone is 1. The van der Waals surface area contributed by atoms with E-state index in [4.69, 9.17) is 14.2 Å². The molecule has 3 heterocycles. The number of hydrogen-bond donors (Lipinski definition) is 3. The number of epoxide rings is 1. The number of Topliss-reactive ketones (excluding diaryl/α,β-unsaturated/α-hetero) is 1. The molecule has 0 radical (unpaired) electrons. The molecule has 1 aromatic rings. The normalized spacial score (nSPS) is 22.6. The van der Waals surface area contributed by atoms with Gasteiger partial charge in [0, 0.05) is 31.8 Å². The minimum atomic E-state index is -1.02. The second kappa shape index (κ2) is 14.0. The summed E-state index contributed by atoms with van der Waals surface area (Å²) in [4.78, 5) is 58.8. The number of amides is 3. The molecule has 3 aliphatic rings. The Hall–Kier alpha value is -3.35. The zero-order chi connectivity index (χ0) is 29.4. The molecule has 12 nitrogen and oxygen atoms in total. The highest BCUT2D eigenvalue weighted by atomic mass is 16.6. The van der Waals surface area contributed by atoms with Gasteiger partial charge in [0.1, 0.15) is 17.7 Å². The van der Waals surface area contributed by atoms with Crippen LogP contribution in [0, 0.1) is 0 Å². The monoisotopic (exact) mass is 571 g/mol. The van der Waals surface area contributed by atoms with Crippen molar-refractivity contribution in [2.24, 2.45) is 0 Å². The topological polar surface area (TPSA) is 151 Å². The third-order valence-electron chi connectivity index (χ3n) is 7.65. The van der Waals surface area contributed by atoms with Gasteiger partial charge in [-0.05, 0) is 45.1 Å². The molecule has 1 aliphatic carbocycles. The van der Waals surface area contributed by atoms with Gasteiger partial charge in [-0.15, -0.1) is 0 Å². The number of carbonyl (C=O) groups excluding carboxylic acids is 4. The highest BCUT2D eigenvalue weighted by molar-refractivity contribution is 5.98. The van der Waals surface area contributed by atoms with Crippen molar-refractivity contribution in [1.29, 1.82) is 0 Å². The number of aromatic nitrogens is 1. The van der Waals surface area contributed by atoms with E-state index in [2.05, 4.69) is 27.0 Å². The third kappa shape index (κ3) is 8.82. The molecule has 224 valence electrons. The molecule has 2 fully saturated rings. The van der Waals surface area contributed by atoms with Crippen molar-refractivity contribution in [2.75, 3.05) is 46.6 Å². The van der Waals surface area contributed by atoms with Gasteiger partial charge in [-0.25, -0.2) is 4.98 Å². The van der Waals surface area contributed by atoms with E-state index in [1.54, 1.807) is 32.2 Å². The predicted octanol–water partition coefficient (Wildman–Crippen LogP) is 0.298. The summed E-state index contributed by atoms with van der Waals surface area (Å²) in [5, 5.41) is 8.39. The lowest BCUT2D eigenvalue weighted by molar-refractivity contribution is -0.134. The number of pyridine rings is 1. The molecule has 0 spiro atoms. The number of methoxy groups -OCH3 is 1. The van der Waals surface area contributed by atoms with Gasteiger partial charge in [0.15, 0.2) is 5.78 Å². The van der Waals surface area contributed by atoms with E-state index in [0.717, 1.165) is 24.8 Å². The van der Waals surface area contributed by atoms with Crippen LogP contribution in [0.5, 0.6) is 5.88 Å². The highest BCUT2D eigenvalue weighted by Gasteiger charge is 2.50. The van der Waals surface area contributed by atoms with Crippen LogP contribution in [0.1, 0.15) is 45.1 Å². The van der Waals surface area contributed by atoms with Gasteiger partial charge in [-0.3, -0.25) is 24.1 Å². The fourth-order valence-corrected chi connectivity index (χ4v) is 4.99. The van der Waals surface area contributed by atoms with E-state index < -0.39 is 35.5 Å². The van der Waals surface area contributed by atoms with Crippen LogP contribution in [0.2, 0.25) is 0 Å². The number of nitrogens with one attached hydrogen (secondary N) is 3. The lowest BCUT2D eigenvalue weighted by Gasteiger charge is -2.27. The number of carbonyl (C=O) groups is 4. The average molecular weight is 572 g/mol. The van der Waals surface area contributed by atoms with Crippen molar-refractivity contribution in [1.82, 2.24) is 25.8 Å². The summed E-state index contributed by atoms with van der Waals surface area (Å²) < 4.78 is 15.8. The minimum absolute atomic E-state index is 0.125. The number of ether oxygens (including phenoxy) is 3. The van der Waals surface area contributed by atoms with Crippen molar-refractivity contribution in [3.05, 3.63) is 35.5 Å². The molecule has 0 bridgehead atoms. The Kier molecular flexibility index (Phi) is 10.5. The maximum atomic E-state index is 13.7. The Morgan fingerprint density at radius 3 is 2.41 bits per heavy atom.